The van der Waals surface area contributed by atoms with E-state index in [1.807, 2.05) is 0 Å². The summed E-state index contributed by atoms with van der Waals surface area (Å²) >= 11 is 0. The Morgan fingerprint density at radius 1 is 1.15 bits per heavy atom. The molecular weight excluding hydrogens is 244 g/mol. The van der Waals surface area contributed by atoms with E-state index in [-0.39, 0.29) is 0 Å². The van der Waals surface area contributed by atoms with Gasteiger partial charge in [-0.3, -0.25) is 4.98 Å². The zero-order chi connectivity index (χ0) is 13.7. The molecule has 0 aliphatic carbocycles. The molecule has 0 atom stereocenters. The molecule has 0 unspecified atom stereocenters. The maximum atomic E-state index is 5.00. The molecule has 1 aromatic carbocycles. The van der Waals surface area contributed by atoms with Crippen LogP contribution in [0.4, 0.5) is 0 Å². The molecule has 0 fully saturated rings. The Morgan fingerprint density at radius 3 is 2.80 bits per heavy atom. The molecule has 0 saturated heterocycles. The normalized spacial score (nSPS) is 14.3. The highest BCUT2D eigenvalue weighted by Gasteiger charge is 2.22. The van der Waals surface area contributed by atoms with Gasteiger partial charge < -0.3 is 4.57 Å². The highest BCUT2D eigenvalue weighted by molar-refractivity contribution is 6.10. The molecule has 2 aromatic heterocycles. The minimum Gasteiger partial charge on any atom is -0.339 e. The lowest BCUT2D eigenvalue weighted by atomic mass is 9.99. The van der Waals surface area contributed by atoms with Crippen LogP contribution in [0.1, 0.15) is 37.2 Å². The van der Waals surface area contributed by atoms with Crippen molar-refractivity contribution < 1.29 is 0 Å². The van der Waals surface area contributed by atoms with Crippen LogP contribution in [-0.2, 0) is 25.8 Å². The molecule has 102 valence electrons. The van der Waals surface area contributed by atoms with Crippen LogP contribution < -0.4 is 0 Å². The maximum absolute atomic E-state index is 5.00. The molecule has 0 N–H and O–H groups in total. The van der Waals surface area contributed by atoms with Gasteiger partial charge in [0.2, 0.25) is 0 Å². The third-order valence-electron chi connectivity index (χ3n) is 4.65. The quantitative estimate of drug-likeness (QED) is 0.676. The van der Waals surface area contributed by atoms with Crippen molar-refractivity contribution in [3.05, 3.63) is 41.2 Å². The average molecular weight is 264 g/mol. The monoisotopic (exact) mass is 264 g/mol. The highest BCUT2D eigenvalue weighted by atomic mass is 15.0. The van der Waals surface area contributed by atoms with Crippen molar-refractivity contribution in [2.24, 2.45) is 0 Å². The fourth-order valence-electron chi connectivity index (χ4n) is 3.82. The number of fused-ring (bicyclic) bond motifs is 3. The molecule has 4 rings (SSSR count). The fourth-order valence-corrected chi connectivity index (χ4v) is 3.82. The summed E-state index contributed by atoms with van der Waals surface area (Å²) in [6.45, 7) is 5.61. The Morgan fingerprint density at radius 2 is 2.00 bits per heavy atom. The van der Waals surface area contributed by atoms with Crippen LogP contribution in [0.2, 0.25) is 0 Å². The Labute approximate surface area is 119 Å². The third-order valence-corrected chi connectivity index (χ3v) is 4.65. The van der Waals surface area contributed by atoms with Crippen LogP contribution >= 0.6 is 0 Å². The molecule has 3 aromatic rings. The zero-order valence-electron chi connectivity index (χ0n) is 12.2. The Bertz CT molecular complexity index is 811. The standard InChI is InChI=1S/C18H20N2/c1-3-12-14(4-2)19-15-9-7-11-20-16-10-6-5-8-13(16)17(12)18(15)20/h5-6,8,10H,3-4,7,9,11H2,1-2H3. The summed E-state index contributed by atoms with van der Waals surface area (Å²) in [4.78, 5) is 5.00. The second-order valence-corrected chi connectivity index (χ2v) is 5.69. The van der Waals surface area contributed by atoms with E-state index < -0.39 is 0 Å². The number of para-hydroxylation sites is 1. The molecule has 2 nitrogen and oxygen atoms in total. The van der Waals surface area contributed by atoms with Gasteiger partial charge in [0, 0.05) is 28.5 Å². The van der Waals surface area contributed by atoms with Crippen LogP contribution in [0, 0.1) is 0 Å². The molecule has 0 bridgehead atoms. The van der Waals surface area contributed by atoms with Gasteiger partial charge in [-0.15, -0.1) is 0 Å². The summed E-state index contributed by atoms with van der Waals surface area (Å²) in [5, 5.41) is 2.89. The van der Waals surface area contributed by atoms with E-state index in [0.29, 0.717) is 0 Å². The molecule has 0 spiro atoms. The number of rotatable bonds is 2. The van der Waals surface area contributed by atoms with E-state index in [2.05, 4.69) is 42.7 Å². The summed E-state index contributed by atoms with van der Waals surface area (Å²) in [7, 11) is 0. The molecule has 3 heterocycles. The van der Waals surface area contributed by atoms with E-state index in [1.165, 1.54) is 45.2 Å². The van der Waals surface area contributed by atoms with Crippen LogP contribution in [0.25, 0.3) is 21.8 Å². The number of pyridine rings is 1. The van der Waals surface area contributed by atoms with Gasteiger partial charge in [0.1, 0.15) is 0 Å². The number of benzene rings is 1. The van der Waals surface area contributed by atoms with Gasteiger partial charge in [-0.25, -0.2) is 0 Å². The number of aromatic nitrogens is 2. The summed E-state index contributed by atoms with van der Waals surface area (Å²) < 4.78 is 2.50. The Hall–Kier alpha value is -1.83. The summed E-state index contributed by atoms with van der Waals surface area (Å²) in [5.41, 5.74) is 6.87. The number of hydrogen-bond acceptors (Lipinski definition) is 1. The van der Waals surface area contributed by atoms with Crippen LogP contribution in [0.5, 0.6) is 0 Å². The summed E-state index contributed by atoms with van der Waals surface area (Å²) in [5.74, 6) is 0. The van der Waals surface area contributed by atoms with Crippen molar-refractivity contribution >= 4 is 21.8 Å². The number of aryl methyl sites for hydroxylation is 4. The topological polar surface area (TPSA) is 17.8 Å². The molecular formula is C18H20N2. The SMILES string of the molecule is CCc1nc2c3c(c1CC)c1ccccc1n3CCC2. The van der Waals surface area contributed by atoms with E-state index in [9.17, 15) is 0 Å². The van der Waals surface area contributed by atoms with Crippen molar-refractivity contribution in [2.45, 2.75) is 46.1 Å². The average Bonchev–Trinajstić information content (AvgIpc) is 2.84. The number of nitrogens with zero attached hydrogens (tertiary/aromatic N) is 2. The van der Waals surface area contributed by atoms with Gasteiger partial charge in [0.15, 0.2) is 0 Å². The van der Waals surface area contributed by atoms with Gasteiger partial charge in [0.05, 0.1) is 11.2 Å². The first kappa shape index (κ1) is 12.0. The smallest absolute Gasteiger partial charge is 0.0713 e. The minimum atomic E-state index is 1.03. The molecule has 1 aliphatic heterocycles. The van der Waals surface area contributed by atoms with Gasteiger partial charge in [-0.1, -0.05) is 32.0 Å². The minimum absolute atomic E-state index is 1.03. The molecule has 1 aliphatic rings. The first-order valence-electron chi connectivity index (χ1n) is 7.76. The largest absolute Gasteiger partial charge is 0.339 e. The lowest BCUT2D eigenvalue weighted by molar-refractivity contribution is 0.637. The molecule has 0 radical (unpaired) electrons. The van der Waals surface area contributed by atoms with Crippen molar-refractivity contribution in [3.8, 4) is 0 Å². The van der Waals surface area contributed by atoms with E-state index >= 15 is 0 Å². The molecule has 0 amide bonds. The second-order valence-electron chi connectivity index (χ2n) is 5.69. The molecule has 20 heavy (non-hydrogen) atoms. The summed E-state index contributed by atoms with van der Waals surface area (Å²) in [6.07, 6.45) is 4.44. The number of hydrogen-bond donors (Lipinski definition) is 0. The maximum Gasteiger partial charge on any atom is 0.0713 e. The van der Waals surface area contributed by atoms with E-state index in [1.54, 1.807) is 0 Å². The van der Waals surface area contributed by atoms with Crippen molar-refractivity contribution in [1.29, 1.82) is 0 Å². The van der Waals surface area contributed by atoms with Gasteiger partial charge in [0.25, 0.3) is 0 Å². The Kier molecular flexibility index (Phi) is 2.59. The van der Waals surface area contributed by atoms with Crippen molar-refractivity contribution in [3.63, 3.8) is 0 Å². The van der Waals surface area contributed by atoms with Crippen LogP contribution in [-0.4, -0.2) is 9.55 Å². The zero-order valence-corrected chi connectivity index (χ0v) is 12.2. The van der Waals surface area contributed by atoms with E-state index in [4.69, 9.17) is 4.98 Å². The van der Waals surface area contributed by atoms with E-state index in [0.717, 1.165) is 25.8 Å². The summed E-state index contributed by atoms with van der Waals surface area (Å²) in [6, 6.07) is 8.85. The fraction of sp³-hybridized carbons (Fsp3) is 0.389. The lowest BCUT2D eigenvalue weighted by Gasteiger charge is -2.18. The van der Waals surface area contributed by atoms with Gasteiger partial charge in [-0.05, 0) is 37.3 Å². The second kappa shape index (κ2) is 4.34. The predicted molar refractivity (Wildman–Crippen MR) is 84.3 cm³/mol. The first-order chi connectivity index (χ1) is 9.85. The Balaban J connectivity index is 2.29. The lowest BCUT2D eigenvalue weighted by Crippen LogP contribution is -2.11. The molecule has 2 heteroatoms. The molecule has 0 saturated carbocycles. The van der Waals surface area contributed by atoms with Crippen LogP contribution in [0.15, 0.2) is 24.3 Å². The van der Waals surface area contributed by atoms with Crippen LogP contribution in [0.3, 0.4) is 0 Å². The predicted octanol–water partition coefficient (Wildman–Crippen LogP) is 4.26. The van der Waals surface area contributed by atoms with Crippen molar-refractivity contribution in [1.82, 2.24) is 9.55 Å². The van der Waals surface area contributed by atoms with Gasteiger partial charge >= 0.3 is 0 Å². The highest BCUT2D eigenvalue weighted by Crippen LogP contribution is 2.37. The third kappa shape index (κ3) is 1.42. The first-order valence-corrected chi connectivity index (χ1v) is 7.76. The van der Waals surface area contributed by atoms with Gasteiger partial charge in [-0.2, -0.15) is 0 Å². The van der Waals surface area contributed by atoms with Crippen molar-refractivity contribution in [2.75, 3.05) is 0 Å².